The molecule has 0 spiro atoms. The Kier molecular flexibility index (Phi) is 5.22. The highest BCUT2D eigenvalue weighted by atomic mass is 19.1. The molecule has 118 valence electrons. The molecule has 0 bridgehead atoms. The van der Waals surface area contributed by atoms with Gasteiger partial charge in [-0.1, -0.05) is 26.0 Å². The van der Waals surface area contributed by atoms with Crippen LogP contribution in [0.1, 0.15) is 45.1 Å². The molecule has 0 aliphatic heterocycles. The largest absolute Gasteiger partial charge is 0.487 e. The van der Waals surface area contributed by atoms with Crippen molar-refractivity contribution in [3.8, 4) is 5.75 Å². The van der Waals surface area contributed by atoms with Gasteiger partial charge in [0.1, 0.15) is 6.10 Å². The highest BCUT2D eigenvalue weighted by Crippen LogP contribution is 2.32. The molecule has 0 aromatic heterocycles. The lowest BCUT2D eigenvalue weighted by Crippen LogP contribution is -2.55. The minimum atomic E-state index is -0.308. The fourth-order valence-corrected chi connectivity index (χ4v) is 3.23. The van der Waals surface area contributed by atoms with Gasteiger partial charge in [0.25, 0.3) is 0 Å². The van der Waals surface area contributed by atoms with Crippen molar-refractivity contribution >= 4 is 0 Å². The second kappa shape index (κ2) is 6.75. The summed E-state index contributed by atoms with van der Waals surface area (Å²) >= 11 is 0. The van der Waals surface area contributed by atoms with Crippen LogP contribution >= 0.6 is 0 Å². The van der Waals surface area contributed by atoms with E-state index < -0.39 is 0 Å². The topological polar surface area (TPSA) is 41.5 Å². The molecule has 2 atom stereocenters. The number of hydrogen-bond acceptors (Lipinski definition) is 3. The van der Waals surface area contributed by atoms with Crippen molar-refractivity contribution < 1.29 is 14.2 Å². The van der Waals surface area contributed by atoms with Crippen LogP contribution < -0.4 is 10.1 Å². The van der Waals surface area contributed by atoms with Crippen LogP contribution in [0.5, 0.6) is 5.75 Å². The van der Waals surface area contributed by atoms with E-state index in [9.17, 15) is 9.50 Å². The summed E-state index contributed by atoms with van der Waals surface area (Å²) in [5, 5.41) is 13.2. The fourth-order valence-electron chi connectivity index (χ4n) is 3.23. The second-order valence-corrected chi connectivity index (χ2v) is 6.46. The van der Waals surface area contributed by atoms with Crippen LogP contribution in [0, 0.1) is 12.7 Å². The molecular formula is C17H26FNO2. The van der Waals surface area contributed by atoms with Gasteiger partial charge >= 0.3 is 0 Å². The summed E-state index contributed by atoms with van der Waals surface area (Å²) in [6.07, 6.45) is 3.44. The molecule has 1 aromatic carbocycles. The molecule has 4 heteroatoms. The van der Waals surface area contributed by atoms with E-state index in [0.717, 1.165) is 19.3 Å². The van der Waals surface area contributed by atoms with Crippen molar-refractivity contribution in [2.24, 2.45) is 0 Å². The number of benzene rings is 1. The quantitative estimate of drug-likeness (QED) is 0.876. The van der Waals surface area contributed by atoms with Gasteiger partial charge in [-0.15, -0.1) is 0 Å². The van der Waals surface area contributed by atoms with Crippen LogP contribution in [-0.4, -0.2) is 29.4 Å². The number of ether oxygens (including phenoxy) is 1. The Bertz CT molecular complexity index is 478. The van der Waals surface area contributed by atoms with Gasteiger partial charge in [-0.05, 0) is 37.8 Å². The van der Waals surface area contributed by atoms with Crippen molar-refractivity contribution in [3.63, 3.8) is 0 Å². The maximum absolute atomic E-state index is 14.1. The molecular weight excluding hydrogens is 269 g/mol. The van der Waals surface area contributed by atoms with Gasteiger partial charge in [-0.2, -0.15) is 0 Å². The second-order valence-electron chi connectivity index (χ2n) is 6.46. The van der Waals surface area contributed by atoms with Gasteiger partial charge in [0, 0.05) is 18.0 Å². The Hall–Kier alpha value is -1.13. The number of rotatable bonds is 5. The van der Waals surface area contributed by atoms with Gasteiger partial charge in [0.15, 0.2) is 11.6 Å². The summed E-state index contributed by atoms with van der Waals surface area (Å²) in [5.41, 5.74) is 0.286. The monoisotopic (exact) mass is 295 g/mol. The molecule has 1 fully saturated rings. The molecule has 0 heterocycles. The molecule has 0 radical (unpaired) electrons. The van der Waals surface area contributed by atoms with Crippen molar-refractivity contribution in [2.45, 2.75) is 64.1 Å². The molecule has 2 rings (SSSR count). The first-order valence-electron chi connectivity index (χ1n) is 7.76. The van der Waals surface area contributed by atoms with E-state index in [1.807, 2.05) is 6.07 Å². The number of hydrogen-bond donors (Lipinski definition) is 2. The van der Waals surface area contributed by atoms with Crippen molar-refractivity contribution in [2.75, 3.05) is 6.61 Å². The minimum Gasteiger partial charge on any atom is -0.487 e. The predicted octanol–water partition coefficient (Wildman–Crippen LogP) is 3.18. The first kappa shape index (κ1) is 16.2. The van der Waals surface area contributed by atoms with Gasteiger partial charge in [0.2, 0.25) is 0 Å². The molecule has 1 aromatic rings. The maximum atomic E-state index is 14.1. The van der Waals surface area contributed by atoms with Gasteiger partial charge < -0.3 is 15.2 Å². The lowest BCUT2D eigenvalue weighted by molar-refractivity contribution is 0.0443. The molecule has 0 amide bonds. The van der Waals surface area contributed by atoms with Crippen LogP contribution in [0.3, 0.4) is 0 Å². The van der Waals surface area contributed by atoms with Crippen LogP contribution in [0.2, 0.25) is 0 Å². The summed E-state index contributed by atoms with van der Waals surface area (Å²) in [5.74, 6) is 0.0350. The fraction of sp³-hybridized carbons (Fsp3) is 0.647. The van der Waals surface area contributed by atoms with Gasteiger partial charge in [-0.25, -0.2) is 4.39 Å². The van der Waals surface area contributed by atoms with Crippen molar-refractivity contribution in [1.29, 1.82) is 0 Å². The summed E-state index contributed by atoms with van der Waals surface area (Å²) < 4.78 is 19.9. The summed E-state index contributed by atoms with van der Waals surface area (Å²) in [7, 11) is 0. The normalized spacial score (nSPS) is 26.1. The Morgan fingerprint density at radius 1 is 1.48 bits per heavy atom. The zero-order valence-corrected chi connectivity index (χ0v) is 13.2. The Balaban J connectivity index is 2.08. The third-order valence-electron chi connectivity index (χ3n) is 4.15. The Labute approximate surface area is 126 Å². The Morgan fingerprint density at radius 3 is 2.90 bits per heavy atom. The van der Waals surface area contributed by atoms with Crippen LogP contribution in [0.4, 0.5) is 4.39 Å². The molecule has 1 saturated carbocycles. The number of aryl methyl sites for hydroxylation is 1. The highest BCUT2D eigenvalue weighted by molar-refractivity contribution is 5.30. The van der Waals surface area contributed by atoms with E-state index in [2.05, 4.69) is 19.2 Å². The van der Waals surface area contributed by atoms with Crippen LogP contribution in [0.25, 0.3) is 0 Å². The standard InChI is InChI=1S/C17H26FNO2/c1-12(2)19-17(11-20)9-5-7-14(10-17)21-15-8-4-6-13(3)16(15)18/h4,6,8,12,14,19-20H,5,7,9-11H2,1-3H3. The molecule has 2 unspecified atom stereocenters. The third-order valence-corrected chi connectivity index (χ3v) is 4.15. The lowest BCUT2D eigenvalue weighted by Gasteiger charge is -2.41. The van der Waals surface area contributed by atoms with Crippen LogP contribution in [0.15, 0.2) is 18.2 Å². The van der Waals surface area contributed by atoms with Crippen molar-refractivity contribution in [3.05, 3.63) is 29.6 Å². The number of halogens is 1. The van der Waals surface area contributed by atoms with E-state index >= 15 is 0 Å². The molecule has 3 nitrogen and oxygen atoms in total. The Morgan fingerprint density at radius 2 is 2.24 bits per heavy atom. The minimum absolute atomic E-state index is 0.0616. The summed E-state index contributed by atoms with van der Waals surface area (Å²) in [4.78, 5) is 0. The SMILES string of the molecule is Cc1cccc(OC2CCCC(CO)(NC(C)C)C2)c1F. The maximum Gasteiger partial charge on any atom is 0.167 e. The first-order chi connectivity index (χ1) is 9.96. The predicted molar refractivity (Wildman–Crippen MR) is 82.1 cm³/mol. The number of nitrogens with one attached hydrogen (secondary N) is 1. The van der Waals surface area contributed by atoms with E-state index in [4.69, 9.17) is 4.74 Å². The number of aliphatic hydroxyl groups is 1. The van der Waals surface area contributed by atoms with E-state index in [-0.39, 0.29) is 24.1 Å². The highest BCUT2D eigenvalue weighted by Gasteiger charge is 2.37. The average molecular weight is 295 g/mol. The van der Waals surface area contributed by atoms with Gasteiger partial charge in [0.05, 0.1) is 6.61 Å². The summed E-state index contributed by atoms with van der Waals surface area (Å²) in [6.45, 7) is 5.97. The van der Waals surface area contributed by atoms with E-state index in [1.165, 1.54) is 0 Å². The first-order valence-corrected chi connectivity index (χ1v) is 7.76. The molecule has 1 aliphatic rings. The zero-order valence-electron chi connectivity index (χ0n) is 13.2. The summed E-state index contributed by atoms with van der Waals surface area (Å²) in [6, 6.07) is 5.52. The van der Waals surface area contributed by atoms with E-state index in [0.29, 0.717) is 23.8 Å². The average Bonchev–Trinajstić information content (AvgIpc) is 2.43. The molecule has 21 heavy (non-hydrogen) atoms. The van der Waals surface area contributed by atoms with Crippen molar-refractivity contribution in [1.82, 2.24) is 5.32 Å². The van der Waals surface area contributed by atoms with Crippen LogP contribution in [-0.2, 0) is 0 Å². The van der Waals surface area contributed by atoms with E-state index in [1.54, 1.807) is 19.1 Å². The zero-order chi connectivity index (χ0) is 15.5. The van der Waals surface area contributed by atoms with Gasteiger partial charge in [-0.3, -0.25) is 0 Å². The lowest BCUT2D eigenvalue weighted by atomic mass is 9.80. The number of aliphatic hydroxyl groups excluding tert-OH is 1. The molecule has 1 aliphatic carbocycles. The molecule has 2 N–H and O–H groups in total. The third kappa shape index (κ3) is 3.95. The smallest absolute Gasteiger partial charge is 0.167 e. The molecule has 0 saturated heterocycles.